The summed E-state index contributed by atoms with van der Waals surface area (Å²) in [6.45, 7) is 0.701. The van der Waals surface area contributed by atoms with Crippen LogP contribution in [0.4, 0.5) is 13.2 Å². The minimum absolute atomic E-state index is 0.0220. The van der Waals surface area contributed by atoms with Gasteiger partial charge in [0.15, 0.2) is 5.60 Å². The van der Waals surface area contributed by atoms with Gasteiger partial charge in [0, 0.05) is 30.0 Å². The van der Waals surface area contributed by atoms with Crippen LogP contribution in [-0.4, -0.2) is 39.2 Å². The summed E-state index contributed by atoms with van der Waals surface area (Å²) in [5, 5.41) is 19.8. The van der Waals surface area contributed by atoms with Crippen LogP contribution in [0.5, 0.6) is 0 Å². The number of nitriles is 1. The van der Waals surface area contributed by atoms with E-state index in [1.165, 1.54) is 12.1 Å². The van der Waals surface area contributed by atoms with Crippen molar-refractivity contribution in [1.29, 1.82) is 5.26 Å². The third-order valence-electron chi connectivity index (χ3n) is 7.07. The maximum atomic E-state index is 13.4. The van der Waals surface area contributed by atoms with E-state index in [4.69, 9.17) is 0 Å². The highest BCUT2D eigenvalue weighted by Crippen LogP contribution is 2.43. The molecule has 2 fully saturated rings. The molecule has 1 amide bonds. The average molecular weight is 457 g/mol. The van der Waals surface area contributed by atoms with Crippen molar-refractivity contribution in [3.05, 3.63) is 65.5 Å². The van der Waals surface area contributed by atoms with Gasteiger partial charge in [-0.05, 0) is 80.8 Å². The Hall–Kier alpha value is -2.92. The average Bonchev–Trinajstić information content (AvgIpc) is 3.65. The number of nitrogens with zero attached hydrogens (tertiary/aromatic N) is 3. The molecule has 5 nitrogen and oxygen atoms in total. The lowest BCUT2D eigenvalue weighted by atomic mass is 9.69. The fraction of sp³-hybridized carbons (Fsp3) is 0.480. The predicted octanol–water partition coefficient (Wildman–Crippen LogP) is 4.86. The van der Waals surface area contributed by atoms with Crippen molar-refractivity contribution in [2.24, 2.45) is 0 Å². The Labute approximate surface area is 190 Å². The lowest BCUT2D eigenvalue weighted by Gasteiger charge is -2.40. The zero-order valence-corrected chi connectivity index (χ0v) is 18.3. The number of alkyl halides is 3. The van der Waals surface area contributed by atoms with Crippen LogP contribution in [0.2, 0.25) is 0 Å². The Kier molecular flexibility index (Phi) is 5.95. The molecule has 4 rings (SSSR count). The number of halogens is 3. The molecule has 174 valence electrons. The molecule has 8 heteroatoms. The first-order valence-corrected chi connectivity index (χ1v) is 11.1. The molecule has 1 heterocycles. The summed E-state index contributed by atoms with van der Waals surface area (Å²) in [7, 11) is 0. The maximum absolute atomic E-state index is 13.4. The van der Waals surface area contributed by atoms with E-state index in [1.54, 1.807) is 12.4 Å². The minimum Gasteiger partial charge on any atom is -0.376 e. The highest BCUT2D eigenvalue weighted by molar-refractivity contribution is 5.95. The highest BCUT2D eigenvalue weighted by atomic mass is 19.4. The van der Waals surface area contributed by atoms with Gasteiger partial charge < -0.3 is 10.0 Å². The van der Waals surface area contributed by atoms with Gasteiger partial charge in [-0.2, -0.15) is 18.4 Å². The number of carbonyl (C=O) groups is 1. The van der Waals surface area contributed by atoms with Gasteiger partial charge in [-0.15, -0.1) is 0 Å². The fourth-order valence-electron chi connectivity index (χ4n) is 4.74. The van der Waals surface area contributed by atoms with Gasteiger partial charge in [0.25, 0.3) is 5.91 Å². The first kappa shape index (κ1) is 23.2. The zero-order chi connectivity index (χ0) is 23.9. The molecule has 1 aromatic carbocycles. The van der Waals surface area contributed by atoms with Crippen molar-refractivity contribution in [3.8, 4) is 6.07 Å². The molecule has 2 aliphatic carbocycles. The second kappa shape index (κ2) is 8.45. The van der Waals surface area contributed by atoms with E-state index in [1.807, 2.05) is 17.0 Å². The molecule has 1 atom stereocenters. The zero-order valence-electron chi connectivity index (χ0n) is 18.3. The Morgan fingerprint density at radius 2 is 1.61 bits per heavy atom. The Balaban J connectivity index is 1.51. The van der Waals surface area contributed by atoms with Gasteiger partial charge in [-0.1, -0.05) is 12.1 Å². The molecule has 2 aromatic rings. The molecule has 1 N–H and O–H groups in total. The number of hydrogen-bond acceptors (Lipinski definition) is 4. The number of hydrogen-bond donors (Lipinski definition) is 1. The first-order valence-electron chi connectivity index (χ1n) is 11.1. The Morgan fingerprint density at radius 3 is 2.09 bits per heavy atom. The van der Waals surface area contributed by atoms with Crippen molar-refractivity contribution in [1.82, 2.24) is 9.88 Å². The summed E-state index contributed by atoms with van der Waals surface area (Å²) in [6.07, 6.45) is 2.96. The SMILES string of the molecule is C[C@](O)(c1ccc(C(=O)N(C2CC2)[C@H]2CC[C@](C#N)(c3ccncc3)CC2)cc1)C(F)(F)F. The number of aromatic nitrogens is 1. The van der Waals surface area contributed by atoms with E-state index in [9.17, 15) is 28.3 Å². The normalized spacial score (nSPS) is 25.0. The summed E-state index contributed by atoms with van der Waals surface area (Å²) in [5.74, 6) is -0.214. The van der Waals surface area contributed by atoms with Crippen LogP contribution in [0, 0.1) is 11.3 Å². The fourth-order valence-corrected chi connectivity index (χ4v) is 4.74. The van der Waals surface area contributed by atoms with E-state index in [2.05, 4.69) is 11.1 Å². The van der Waals surface area contributed by atoms with Crippen molar-refractivity contribution in [2.45, 2.75) is 74.7 Å². The monoisotopic (exact) mass is 457 g/mol. The summed E-state index contributed by atoms with van der Waals surface area (Å²) in [6, 6.07) is 11.4. The summed E-state index contributed by atoms with van der Waals surface area (Å²) in [5.41, 5.74) is -2.65. The van der Waals surface area contributed by atoms with Crippen LogP contribution in [0.15, 0.2) is 48.8 Å². The van der Waals surface area contributed by atoms with E-state index in [0.717, 1.165) is 30.5 Å². The lowest BCUT2D eigenvalue weighted by Crippen LogP contribution is -2.46. The molecule has 2 saturated carbocycles. The summed E-state index contributed by atoms with van der Waals surface area (Å²) >= 11 is 0. The van der Waals surface area contributed by atoms with Gasteiger partial charge in [0.05, 0.1) is 11.5 Å². The maximum Gasteiger partial charge on any atom is 0.421 e. The van der Waals surface area contributed by atoms with Gasteiger partial charge >= 0.3 is 6.18 Å². The van der Waals surface area contributed by atoms with Crippen molar-refractivity contribution in [2.75, 3.05) is 0 Å². The molecule has 1 aromatic heterocycles. The van der Waals surface area contributed by atoms with Crippen molar-refractivity contribution < 1.29 is 23.1 Å². The largest absolute Gasteiger partial charge is 0.421 e. The summed E-state index contributed by atoms with van der Waals surface area (Å²) < 4.78 is 39.4. The van der Waals surface area contributed by atoms with Crippen LogP contribution >= 0.6 is 0 Å². The van der Waals surface area contributed by atoms with E-state index in [-0.39, 0.29) is 23.6 Å². The van der Waals surface area contributed by atoms with Crippen LogP contribution < -0.4 is 0 Å². The van der Waals surface area contributed by atoms with Gasteiger partial charge in [-0.25, -0.2) is 0 Å². The van der Waals surface area contributed by atoms with E-state index >= 15 is 0 Å². The second-order valence-electron chi connectivity index (χ2n) is 9.25. The third-order valence-corrected chi connectivity index (χ3v) is 7.07. The smallest absolute Gasteiger partial charge is 0.376 e. The van der Waals surface area contributed by atoms with E-state index < -0.39 is 17.2 Å². The van der Waals surface area contributed by atoms with Crippen LogP contribution in [0.25, 0.3) is 0 Å². The van der Waals surface area contributed by atoms with Crippen molar-refractivity contribution in [3.63, 3.8) is 0 Å². The number of rotatable bonds is 5. The molecule has 0 unspecified atom stereocenters. The van der Waals surface area contributed by atoms with Crippen LogP contribution in [0.3, 0.4) is 0 Å². The molecule has 0 aliphatic heterocycles. The van der Waals surface area contributed by atoms with Gasteiger partial charge in [-0.3, -0.25) is 9.78 Å². The highest BCUT2D eigenvalue weighted by Gasteiger charge is 2.51. The van der Waals surface area contributed by atoms with E-state index in [0.29, 0.717) is 38.2 Å². The second-order valence-corrected chi connectivity index (χ2v) is 9.25. The quantitative estimate of drug-likeness (QED) is 0.696. The number of aliphatic hydroxyl groups is 1. The summed E-state index contributed by atoms with van der Waals surface area (Å²) in [4.78, 5) is 19.2. The first-order chi connectivity index (χ1) is 15.6. The lowest BCUT2D eigenvalue weighted by molar-refractivity contribution is -0.258. The number of pyridine rings is 1. The molecule has 33 heavy (non-hydrogen) atoms. The number of benzene rings is 1. The molecule has 0 bridgehead atoms. The number of amides is 1. The van der Waals surface area contributed by atoms with Crippen LogP contribution in [0.1, 0.15) is 66.9 Å². The topological polar surface area (TPSA) is 77.2 Å². The standard InChI is InChI=1S/C25H26F3N3O2/c1-23(33,25(26,27)28)18-4-2-17(3-5-18)22(32)31(20-6-7-20)21-8-12-24(16-29,13-9-21)19-10-14-30-15-11-19/h2-5,10-11,14-15,20-21,33H,6-9,12-13H2,1H3/t21-,23-,24-/m0/s1. The Bertz CT molecular complexity index is 1030. The van der Waals surface area contributed by atoms with Crippen LogP contribution in [-0.2, 0) is 11.0 Å². The third kappa shape index (κ3) is 4.34. The molecule has 0 radical (unpaired) electrons. The molecule has 0 saturated heterocycles. The molecule has 2 aliphatic rings. The predicted molar refractivity (Wildman–Crippen MR) is 115 cm³/mol. The minimum atomic E-state index is -4.82. The molecular formula is C25H26F3N3O2. The van der Waals surface area contributed by atoms with Gasteiger partial charge in [0.2, 0.25) is 0 Å². The van der Waals surface area contributed by atoms with Gasteiger partial charge in [0.1, 0.15) is 0 Å². The van der Waals surface area contributed by atoms with Crippen molar-refractivity contribution >= 4 is 5.91 Å². The Morgan fingerprint density at radius 1 is 1.06 bits per heavy atom. The molecular weight excluding hydrogens is 431 g/mol. The molecule has 0 spiro atoms. The number of carbonyl (C=O) groups excluding carboxylic acids is 1.